The van der Waals surface area contributed by atoms with E-state index in [1.807, 2.05) is 31.2 Å². The number of fused-ring (bicyclic) bond motifs is 1. The van der Waals surface area contributed by atoms with Gasteiger partial charge in [-0.25, -0.2) is 4.98 Å². The molecule has 20 heavy (non-hydrogen) atoms. The average molecular weight is 291 g/mol. The third-order valence-corrected chi connectivity index (χ3v) is 3.86. The van der Waals surface area contributed by atoms with Crippen molar-refractivity contribution in [2.45, 2.75) is 33.7 Å². The van der Waals surface area contributed by atoms with Crippen molar-refractivity contribution in [1.82, 2.24) is 10.3 Å². The van der Waals surface area contributed by atoms with Crippen LogP contribution in [0, 0.1) is 5.41 Å². The molecule has 0 aliphatic rings. The van der Waals surface area contributed by atoms with Crippen molar-refractivity contribution in [1.29, 1.82) is 0 Å². The number of carbonyl (C=O) groups is 1. The molecular weight excluding hydrogens is 272 g/mol. The highest BCUT2D eigenvalue weighted by Gasteiger charge is 2.23. The second-order valence-electron chi connectivity index (χ2n) is 6.08. The lowest BCUT2D eigenvalue weighted by Gasteiger charge is -2.27. The Morgan fingerprint density at radius 1 is 1.30 bits per heavy atom. The molecular formula is C16H19ClN2O. The molecule has 0 aliphatic heterocycles. The summed E-state index contributed by atoms with van der Waals surface area (Å²) in [6.07, 6.45) is 0. The number of halogens is 1. The minimum absolute atomic E-state index is 0.00367. The van der Waals surface area contributed by atoms with Crippen molar-refractivity contribution in [3.05, 3.63) is 41.2 Å². The van der Waals surface area contributed by atoms with Gasteiger partial charge in [0, 0.05) is 11.4 Å². The Kier molecular flexibility index (Phi) is 4.00. The maximum absolute atomic E-state index is 12.3. The zero-order valence-corrected chi connectivity index (χ0v) is 13.0. The van der Waals surface area contributed by atoms with Gasteiger partial charge >= 0.3 is 0 Å². The van der Waals surface area contributed by atoms with E-state index in [1.165, 1.54) is 0 Å². The van der Waals surface area contributed by atoms with Gasteiger partial charge in [0.1, 0.15) is 10.8 Å². The summed E-state index contributed by atoms with van der Waals surface area (Å²) in [5, 5.41) is 5.10. The zero-order chi connectivity index (χ0) is 14.9. The Hall–Kier alpha value is -1.61. The number of carbonyl (C=O) groups excluding carboxylic acids is 1. The first-order valence-corrected chi connectivity index (χ1v) is 7.03. The molecule has 0 fully saturated rings. The molecule has 0 saturated heterocycles. The fourth-order valence-corrected chi connectivity index (χ4v) is 2.02. The Balaban J connectivity index is 2.31. The summed E-state index contributed by atoms with van der Waals surface area (Å²) >= 11 is 6.14. The van der Waals surface area contributed by atoms with E-state index in [-0.39, 0.29) is 17.4 Å². The molecule has 106 valence electrons. The molecule has 0 radical (unpaired) electrons. The molecule has 1 N–H and O–H groups in total. The molecule has 1 amide bonds. The van der Waals surface area contributed by atoms with Crippen LogP contribution in [0.25, 0.3) is 10.8 Å². The van der Waals surface area contributed by atoms with Gasteiger partial charge in [0.05, 0.1) is 0 Å². The third kappa shape index (κ3) is 3.10. The number of nitrogens with zero attached hydrogens (tertiary/aromatic N) is 1. The molecule has 0 bridgehead atoms. The molecule has 3 nitrogen and oxygen atoms in total. The molecule has 2 aromatic rings. The topological polar surface area (TPSA) is 42.0 Å². The smallest absolute Gasteiger partial charge is 0.270 e. The predicted octanol–water partition coefficient (Wildman–Crippen LogP) is 4.05. The Bertz CT molecular complexity index is 646. The first-order chi connectivity index (χ1) is 9.29. The normalized spacial score (nSPS) is 13.2. The van der Waals surface area contributed by atoms with Crippen LogP contribution < -0.4 is 5.32 Å². The lowest BCUT2D eigenvalue weighted by atomic mass is 9.88. The van der Waals surface area contributed by atoms with Gasteiger partial charge < -0.3 is 5.32 Å². The highest BCUT2D eigenvalue weighted by atomic mass is 35.5. The Morgan fingerprint density at radius 3 is 2.60 bits per heavy atom. The third-order valence-electron chi connectivity index (χ3n) is 3.57. The van der Waals surface area contributed by atoms with Gasteiger partial charge in [0.2, 0.25) is 0 Å². The highest BCUT2D eigenvalue weighted by molar-refractivity contribution is 6.34. The summed E-state index contributed by atoms with van der Waals surface area (Å²) in [6.45, 7) is 8.23. The van der Waals surface area contributed by atoms with Crippen molar-refractivity contribution < 1.29 is 4.79 Å². The van der Waals surface area contributed by atoms with Crippen LogP contribution in [0.15, 0.2) is 30.3 Å². The molecule has 2 rings (SSSR count). The van der Waals surface area contributed by atoms with Crippen LogP contribution in [0.5, 0.6) is 0 Å². The summed E-state index contributed by atoms with van der Waals surface area (Å²) in [5.74, 6) is -0.194. The van der Waals surface area contributed by atoms with E-state index >= 15 is 0 Å². The number of aromatic nitrogens is 1. The highest BCUT2D eigenvalue weighted by Crippen LogP contribution is 2.23. The van der Waals surface area contributed by atoms with Gasteiger partial charge in [0.15, 0.2) is 0 Å². The first-order valence-electron chi connectivity index (χ1n) is 6.65. The molecule has 1 heterocycles. The van der Waals surface area contributed by atoms with Crippen molar-refractivity contribution in [2.24, 2.45) is 5.41 Å². The molecule has 0 saturated carbocycles. The molecule has 0 aliphatic carbocycles. The fourth-order valence-electron chi connectivity index (χ4n) is 1.76. The molecule has 1 atom stereocenters. The summed E-state index contributed by atoms with van der Waals surface area (Å²) in [6, 6.07) is 9.44. The van der Waals surface area contributed by atoms with E-state index in [2.05, 4.69) is 31.1 Å². The fraction of sp³-hybridized carbons (Fsp3) is 0.375. The standard InChI is InChI=1S/C16H19ClN2O/c1-10(16(2,3)4)18-15(20)13-9-11-7-5-6-8-12(11)14(17)19-13/h5-10H,1-4H3,(H,18,20). The van der Waals surface area contributed by atoms with Gasteiger partial charge in [-0.1, -0.05) is 56.6 Å². The summed E-state index contributed by atoms with van der Waals surface area (Å²) in [4.78, 5) is 16.5. The van der Waals surface area contributed by atoms with Crippen LogP contribution in [0.3, 0.4) is 0 Å². The van der Waals surface area contributed by atoms with Crippen molar-refractivity contribution >= 4 is 28.3 Å². The number of rotatable bonds is 2. The van der Waals surface area contributed by atoms with Crippen molar-refractivity contribution in [2.75, 3.05) is 0 Å². The van der Waals surface area contributed by atoms with Crippen LogP contribution in [-0.4, -0.2) is 16.9 Å². The number of nitrogens with one attached hydrogen (secondary N) is 1. The lowest BCUT2D eigenvalue weighted by molar-refractivity contribution is 0.0905. The lowest BCUT2D eigenvalue weighted by Crippen LogP contribution is -2.41. The Morgan fingerprint density at radius 2 is 1.95 bits per heavy atom. The molecule has 1 aromatic carbocycles. The summed E-state index contributed by atoms with van der Waals surface area (Å²) in [5.41, 5.74) is 0.348. The van der Waals surface area contributed by atoms with Crippen LogP contribution in [0.4, 0.5) is 0 Å². The predicted molar refractivity (Wildman–Crippen MR) is 83.1 cm³/mol. The van der Waals surface area contributed by atoms with E-state index < -0.39 is 0 Å². The van der Waals surface area contributed by atoms with E-state index in [4.69, 9.17) is 11.6 Å². The van der Waals surface area contributed by atoms with Gasteiger partial charge in [-0.05, 0) is 23.8 Å². The number of benzene rings is 1. The van der Waals surface area contributed by atoms with E-state index in [0.29, 0.717) is 10.8 Å². The van der Waals surface area contributed by atoms with E-state index in [9.17, 15) is 4.79 Å². The minimum Gasteiger partial charge on any atom is -0.348 e. The molecule has 0 spiro atoms. The van der Waals surface area contributed by atoms with Crippen molar-refractivity contribution in [3.8, 4) is 0 Å². The monoisotopic (exact) mass is 290 g/mol. The molecule has 1 aromatic heterocycles. The molecule has 1 unspecified atom stereocenters. The van der Waals surface area contributed by atoms with Gasteiger partial charge in [-0.15, -0.1) is 0 Å². The van der Waals surface area contributed by atoms with Crippen LogP contribution in [0.2, 0.25) is 5.15 Å². The second-order valence-corrected chi connectivity index (χ2v) is 6.44. The average Bonchev–Trinajstić information content (AvgIpc) is 2.37. The van der Waals surface area contributed by atoms with Gasteiger partial charge in [-0.3, -0.25) is 4.79 Å². The van der Waals surface area contributed by atoms with Crippen molar-refractivity contribution in [3.63, 3.8) is 0 Å². The zero-order valence-electron chi connectivity index (χ0n) is 12.2. The number of pyridine rings is 1. The number of hydrogen-bond donors (Lipinski definition) is 1. The second kappa shape index (κ2) is 5.41. The van der Waals surface area contributed by atoms with E-state index in [0.717, 1.165) is 10.8 Å². The van der Waals surface area contributed by atoms with Gasteiger partial charge in [-0.2, -0.15) is 0 Å². The van der Waals surface area contributed by atoms with E-state index in [1.54, 1.807) is 6.07 Å². The maximum Gasteiger partial charge on any atom is 0.270 e. The summed E-state index contributed by atoms with van der Waals surface area (Å²) < 4.78 is 0. The van der Waals surface area contributed by atoms with Gasteiger partial charge in [0.25, 0.3) is 5.91 Å². The maximum atomic E-state index is 12.3. The first kappa shape index (κ1) is 14.8. The Labute approximate surface area is 124 Å². The summed E-state index contributed by atoms with van der Waals surface area (Å²) in [7, 11) is 0. The molecule has 4 heteroatoms. The number of amides is 1. The minimum atomic E-state index is -0.194. The van der Waals surface area contributed by atoms with Crippen LogP contribution >= 0.6 is 11.6 Å². The quantitative estimate of drug-likeness (QED) is 0.848. The number of hydrogen-bond acceptors (Lipinski definition) is 2. The largest absolute Gasteiger partial charge is 0.348 e. The SMILES string of the molecule is CC(NC(=O)c1cc2ccccc2c(Cl)n1)C(C)(C)C. The van der Waals surface area contributed by atoms with Crippen LogP contribution in [-0.2, 0) is 0 Å². The van der Waals surface area contributed by atoms with Crippen LogP contribution in [0.1, 0.15) is 38.2 Å².